The number of phenolic OH excluding ortho intramolecular Hbond substituents is 1. The molecule has 5 rings (SSSR count). The number of nitrogens with zero attached hydrogens (tertiary/aromatic N) is 1. The molecule has 1 saturated heterocycles. The number of H-pyrrole nitrogens is 1. The lowest BCUT2D eigenvalue weighted by molar-refractivity contribution is 0.0939. The van der Waals surface area contributed by atoms with Crippen LogP contribution < -0.4 is 0 Å². The summed E-state index contributed by atoms with van der Waals surface area (Å²) in [6.07, 6.45) is 10.1. The van der Waals surface area contributed by atoms with Crippen LogP contribution in [-0.2, 0) is 11.8 Å². The summed E-state index contributed by atoms with van der Waals surface area (Å²) >= 11 is 0. The smallest absolute Gasteiger partial charge is 0.115 e. The quantitative estimate of drug-likeness (QED) is 0.465. The molecule has 1 aromatic heterocycles. The molecule has 2 aromatic carbocycles. The Balaban J connectivity index is 1.51. The van der Waals surface area contributed by atoms with Crippen LogP contribution in [0.4, 0.5) is 0 Å². The molecule has 1 aliphatic heterocycles. The zero-order chi connectivity index (χ0) is 20.6. The third kappa shape index (κ3) is 3.33. The molecule has 0 unspecified atom stereocenters. The minimum atomic E-state index is -0.00466. The van der Waals surface area contributed by atoms with Crippen LogP contribution in [0.3, 0.4) is 0 Å². The molecule has 0 radical (unpaired) electrons. The summed E-state index contributed by atoms with van der Waals surface area (Å²) in [5, 5.41) is 11.6. The molecule has 2 aliphatic rings. The number of aromatic amines is 1. The zero-order valence-electron chi connectivity index (χ0n) is 18.2. The highest BCUT2D eigenvalue weighted by molar-refractivity contribution is 5.87. The number of unbranched alkanes of at least 4 members (excludes halogenated alkanes) is 4. The Labute approximate surface area is 180 Å². The molecule has 1 fully saturated rings. The minimum Gasteiger partial charge on any atom is -0.508 e. The predicted molar refractivity (Wildman–Crippen MR) is 124 cm³/mol. The fourth-order valence-electron chi connectivity index (χ4n) is 6.13. The maximum atomic E-state index is 10.3. The number of hydrogen-bond donors (Lipinski definition) is 2. The number of nitrogens with one attached hydrogen (secondary N) is 1. The van der Waals surface area contributed by atoms with Crippen molar-refractivity contribution in [1.82, 2.24) is 9.88 Å². The van der Waals surface area contributed by atoms with E-state index in [4.69, 9.17) is 0 Å². The lowest BCUT2D eigenvalue weighted by Crippen LogP contribution is -2.53. The Morgan fingerprint density at radius 2 is 1.93 bits per heavy atom. The first-order valence-corrected chi connectivity index (χ1v) is 11.8. The molecule has 2 heterocycles. The van der Waals surface area contributed by atoms with E-state index in [0.717, 1.165) is 25.8 Å². The highest BCUT2D eigenvalue weighted by Gasteiger charge is 2.48. The van der Waals surface area contributed by atoms with Crippen molar-refractivity contribution >= 4 is 10.9 Å². The van der Waals surface area contributed by atoms with Crippen molar-refractivity contribution in [2.75, 3.05) is 13.1 Å². The van der Waals surface area contributed by atoms with Gasteiger partial charge in [-0.15, -0.1) is 0 Å². The van der Waals surface area contributed by atoms with Crippen LogP contribution in [0, 0.1) is 0 Å². The Morgan fingerprint density at radius 1 is 1.07 bits per heavy atom. The number of hydrogen-bond acceptors (Lipinski definition) is 2. The predicted octanol–water partition coefficient (Wildman–Crippen LogP) is 6.15. The summed E-state index contributed by atoms with van der Waals surface area (Å²) in [4.78, 5) is 6.52. The molecule has 3 nitrogen and oxygen atoms in total. The SMILES string of the molecule is CCCCCCCN1CC[C@]2(c3cccc(O)c3)C[C@H]1Cc1[nH]c3ccccc3c12. The highest BCUT2D eigenvalue weighted by atomic mass is 16.3. The molecule has 3 aromatic rings. The number of piperidine rings is 1. The van der Waals surface area contributed by atoms with E-state index in [0.29, 0.717) is 11.8 Å². The van der Waals surface area contributed by atoms with Gasteiger partial charge in [0, 0.05) is 34.5 Å². The van der Waals surface area contributed by atoms with Gasteiger partial charge in [0.15, 0.2) is 0 Å². The van der Waals surface area contributed by atoms with Gasteiger partial charge in [-0.1, -0.05) is 62.9 Å². The first kappa shape index (κ1) is 19.7. The lowest BCUT2D eigenvalue weighted by atomic mass is 9.61. The topological polar surface area (TPSA) is 39.3 Å². The van der Waals surface area contributed by atoms with Crippen LogP contribution in [0.25, 0.3) is 10.9 Å². The molecule has 30 heavy (non-hydrogen) atoms. The molecule has 158 valence electrons. The summed E-state index contributed by atoms with van der Waals surface area (Å²) in [7, 11) is 0. The van der Waals surface area contributed by atoms with Crippen molar-refractivity contribution in [3.63, 3.8) is 0 Å². The summed E-state index contributed by atoms with van der Waals surface area (Å²) in [6.45, 7) is 4.65. The number of rotatable bonds is 7. The molecule has 2 N–H and O–H groups in total. The number of aromatic hydroxyl groups is 1. The molecule has 0 amide bonds. The molecule has 3 heteroatoms. The number of aromatic nitrogens is 1. The van der Waals surface area contributed by atoms with Gasteiger partial charge in [-0.25, -0.2) is 0 Å². The van der Waals surface area contributed by atoms with Crippen LogP contribution >= 0.6 is 0 Å². The molecular weight excluding hydrogens is 368 g/mol. The summed E-state index contributed by atoms with van der Waals surface area (Å²) in [5.41, 5.74) is 5.42. The van der Waals surface area contributed by atoms with Gasteiger partial charge in [0.25, 0.3) is 0 Å². The highest BCUT2D eigenvalue weighted by Crippen LogP contribution is 2.52. The van der Waals surface area contributed by atoms with Crippen molar-refractivity contribution in [1.29, 1.82) is 0 Å². The van der Waals surface area contributed by atoms with Gasteiger partial charge in [0.05, 0.1) is 0 Å². The van der Waals surface area contributed by atoms with Crippen molar-refractivity contribution < 1.29 is 5.11 Å². The largest absolute Gasteiger partial charge is 0.508 e. The third-order valence-corrected chi connectivity index (χ3v) is 7.58. The van der Waals surface area contributed by atoms with E-state index in [9.17, 15) is 5.11 Å². The maximum absolute atomic E-state index is 10.3. The van der Waals surface area contributed by atoms with Gasteiger partial charge < -0.3 is 10.1 Å². The van der Waals surface area contributed by atoms with Gasteiger partial charge >= 0.3 is 0 Å². The molecule has 2 bridgehead atoms. The Hall–Kier alpha value is -2.26. The Bertz CT molecular complexity index is 1020. The van der Waals surface area contributed by atoms with E-state index in [1.54, 1.807) is 6.07 Å². The van der Waals surface area contributed by atoms with Gasteiger partial charge in [-0.3, -0.25) is 4.90 Å². The Morgan fingerprint density at radius 3 is 2.80 bits per heavy atom. The average molecular weight is 403 g/mol. The number of likely N-dealkylation sites (tertiary alicyclic amines) is 1. The van der Waals surface area contributed by atoms with E-state index in [-0.39, 0.29) is 5.41 Å². The van der Waals surface area contributed by atoms with Gasteiger partial charge in [0.1, 0.15) is 5.75 Å². The first-order valence-electron chi connectivity index (χ1n) is 11.8. The number of phenols is 1. The average Bonchev–Trinajstić information content (AvgIpc) is 3.14. The second kappa shape index (κ2) is 8.11. The molecular formula is C27H34N2O. The second-order valence-electron chi connectivity index (χ2n) is 9.42. The van der Waals surface area contributed by atoms with Crippen molar-refractivity contribution in [3.8, 4) is 5.75 Å². The first-order chi connectivity index (χ1) is 14.7. The van der Waals surface area contributed by atoms with Crippen molar-refractivity contribution in [2.45, 2.75) is 69.7 Å². The summed E-state index contributed by atoms with van der Waals surface area (Å²) in [5.74, 6) is 0.378. The minimum absolute atomic E-state index is 0.00466. The second-order valence-corrected chi connectivity index (χ2v) is 9.42. The summed E-state index contributed by atoms with van der Waals surface area (Å²) in [6, 6.07) is 17.4. The van der Waals surface area contributed by atoms with Gasteiger partial charge in [-0.2, -0.15) is 0 Å². The fourth-order valence-corrected chi connectivity index (χ4v) is 6.13. The van der Waals surface area contributed by atoms with Crippen LogP contribution in [0.5, 0.6) is 5.75 Å². The van der Waals surface area contributed by atoms with E-state index in [1.807, 2.05) is 12.1 Å². The van der Waals surface area contributed by atoms with Crippen molar-refractivity contribution in [3.05, 3.63) is 65.4 Å². The van der Waals surface area contributed by atoms with Crippen LogP contribution in [-0.4, -0.2) is 34.1 Å². The normalized spacial score (nSPS) is 23.6. The molecule has 2 atom stereocenters. The number of benzene rings is 2. The lowest BCUT2D eigenvalue weighted by Gasteiger charge is -2.51. The maximum Gasteiger partial charge on any atom is 0.115 e. The number of para-hydroxylation sites is 1. The monoisotopic (exact) mass is 402 g/mol. The third-order valence-electron chi connectivity index (χ3n) is 7.58. The standard InChI is InChI=1S/C27H34N2O/c1-2-3-4-5-8-15-29-16-14-27(20-10-9-11-22(30)17-20)19-21(29)18-25-26(27)23-12-6-7-13-24(23)28-25/h6-7,9-13,17,21,28,30H,2-5,8,14-16,18-19H2,1H3/t21-,27-/m1/s1. The zero-order valence-corrected chi connectivity index (χ0v) is 18.2. The van der Waals surface area contributed by atoms with E-state index < -0.39 is 0 Å². The van der Waals surface area contributed by atoms with E-state index in [2.05, 4.69) is 47.1 Å². The van der Waals surface area contributed by atoms with Crippen LogP contribution in [0.15, 0.2) is 48.5 Å². The summed E-state index contributed by atoms with van der Waals surface area (Å²) < 4.78 is 0. The van der Waals surface area contributed by atoms with Crippen LogP contribution in [0.2, 0.25) is 0 Å². The van der Waals surface area contributed by atoms with Gasteiger partial charge in [0.2, 0.25) is 0 Å². The molecule has 0 saturated carbocycles. The fraction of sp³-hybridized carbons (Fsp3) is 0.481. The van der Waals surface area contributed by atoms with Crippen LogP contribution in [0.1, 0.15) is 68.7 Å². The Kier molecular flexibility index (Phi) is 5.32. The van der Waals surface area contributed by atoms with Crippen molar-refractivity contribution in [2.24, 2.45) is 0 Å². The van der Waals surface area contributed by atoms with Gasteiger partial charge in [-0.05, 0) is 61.7 Å². The molecule has 1 aliphatic carbocycles. The number of fused-ring (bicyclic) bond motifs is 6. The van der Waals surface area contributed by atoms with E-state index >= 15 is 0 Å². The van der Waals surface area contributed by atoms with E-state index in [1.165, 1.54) is 66.4 Å². The molecule has 0 spiro atoms.